The van der Waals surface area contributed by atoms with Gasteiger partial charge in [-0.25, -0.2) is 0 Å². The Balaban J connectivity index is 1.92. The number of amides is 2. The summed E-state index contributed by atoms with van der Waals surface area (Å²) in [7, 11) is 0. The van der Waals surface area contributed by atoms with Gasteiger partial charge in [0, 0.05) is 38.1 Å². The highest BCUT2D eigenvalue weighted by atomic mass is 35.5. The van der Waals surface area contributed by atoms with E-state index in [4.69, 9.17) is 16.3 Å². The van der Waals surface area contributed by atoms with Crippen LogP contribution >= 0.6 is 11.6 Å². The lowest BCUT2D eigenvalue weighted by molar-refractivity contribution is -0.143. The van der Waals surface area contributed by atoms with Crippen LogP contribution < -0.4 is 4.74 Å². The van der Waals surface area contributed by atoms with Crippen LogP contribution in [0.15, 0.2) is 18.2 Å². The lowest BCUT2D eigenvalue weighted by atomic mass is 10.2. The molecule has 2 rings (SSSR count). The fraction of sp³-hybridized carbons (Fsp3) is 0.500. The Labute approximate surface area is 135 Å². The number of halogens is 1. The van der Waals surface area contributed by atoms with Gasteiger partial charge < -0.3 is 14.5 Å². The average Bonchev–Trinajstić information content (AvgIpc) is 2.50. The Bertz CT molecular complexity index is 569. The summed E-state index contributed by atoms with van der Waals surface area (Å²) in [6, 6.07) is 5.33. The minimum atomic E-state index is -0.565. The molecule has 6 heteroatoms. The highest BCUT2D eigenvalue weighted by molar-refractivity contribution is 6.31. The Hall–Kier alpha value is -1.75. The zero-order valence-corrected chi connectivity index (χ0v) is 13.9. The first-order valence-electron chi connectivity index (χ1n) is 7.35. The van der Waals surface area contributed by atoms with Crippen LogP contribution in [0.4, 0.5) is 0 Å². The maximum atomic E-state index is 12.4. The third-order valence-corrected chi connectivity index (χ3v) is 4.25. The van der Waals surface area contributed by atoms with Gasteiger partial charge in [-0.3, -0.25) is 9.59 Å². The number of aryl methyl sites for hydroxylation is 1. The second-order valence-corrected chi connectivity index (χ2v) is 5.91. The van der Waals surface area contributed by atoms with Gasteiger partial charge in [0.2, 0.25) is 5.91 Å². The highest BCUT2D eigenvalue weighted by Crippen LogP contribution is 2.22. The predicted octanol–water partition coefficient (Wildman–Crippen LogP) is 2.11. The van der Waals surface area contributed by atoms with Crippen LogP contribution in [0, 0.1) is 6.92 Å². The molecule has 5 nitrogen and oxygen atoms in total. The van der Waals surface area contributed by atoms with Crippen molar-refractivity contribution in [2.24, 2.45) is 0 Å². The Morgan fingerprint density at radius 3 is 2.32 bits per heavy atom. The van der Waals surface area contributed by atoms with Crippen LogP contribution in [0.3, 0.4) is 0 Å². The third kappa shape index (κ3) is 3.91. The summed E-state index contributed by atoms with van der Waals surface area (Å²) < 4.78 is 5.71. The van der Waals surface area contributed by atoms with Crippen molar-refractivity contribution in [1.29, 1.82) is 0 Å². The lowest BCUT2D eigenvalue weighted by Gasteiger charge is -2.35. The molecular formula is C16H21ClN2O3. The molecule has 1 unspecified atom stereocenters. The second-order valence-electron chi connectivity index (χ2n) is 5.50. The molecule has 1 heterocycles. The number of ether oxygens (including phenoxy) is 1. The number of hydrogen-bond acceptors (Lipinski definition) is 3. The Morgan fingerprint density at radius 1 is 1.18 bits per heavy atom. The normalized spacial score (nSPS) is 16.4. The molecule has 0 spiro atoms. The minimum Gasteiger partial charge on any atom is -0.481 e. The standard InChI is InChI=1S/C16H21ClN2O3/c1-11-10-14(4-5-15(11)17)22-12(2)16(21)19-8-6-18(7-9-19)13(3)20/h4-5,10,12H,6-9H2,1-3H3. The number of benzene rings is 1. The minimum absolute atomic E-state index is 0.0491. The Morgan fingerprint density at radius 2 is 1.77 bits per heavy atom. The van der Waals surface area contributed by atoms with Crippen molar-refractivity contribution in [3.63, 3.8) is 0 Å². The lowest BCUT2D eigenvalue weighted by Crippen LogP contribution is -2.52. The molecule has 1 aliphatic heterocycles. The van der Waals surface area contributed by atoms with E-state index < -0.39 is 6.10 Å². The smallest absolute Gasteiger partial charge is 0.263 e. The molecule has 1 saturated heterocycles. The summed E-state index contributed by atoms with van der Waals surface area (Å²) in [5.74, 6) is 0.619. The van der Waals surface area contributed by atoms with Gasteiger partial charge in [0.15, 0.2) is 6.10 Å². The molecule has 1 fully saturated rings. The van der Waals surface area contributed by atoms with Gasteiger partial charge in [-0.15, -0.1) is 0 Å². The molecule has 0 radical (unpaired) electrons. The van der Waals surface area contributed by atoms with E-state index in [-0.39, 0.29) is 11.8 Å². The van der Waals surface area contributed by atoms with Crippen LogP contribution in [-0.4, -0.2) is 53.9 Å². The van der Waals surface area contributed by atoms with Gasteiger partial charge in [-0.1, -0.05) is 11.6 Å². The molecule has 1 aromatic carbocycles. The molecule has 1 atom stereocenters. The van der Waals surface area contributed by atoms with E-state index in [0.717, 1.165) is 5.56 Å². The SMILES string of the molecule is CC(=O)N1CCN(C(=O)C(C)Oc2ccc(Cl)c(C)c2)CC1. The molecule has 2 amide bonds. The van der Waals surface area contributed by atoms with Crippen molar-refractivity contribution < 1.29 is 14.3 Å². The number of carbonyl (C=O) groups is 2. The van der Waals surface area contributed by atoms with E-state index in [1.54, 1.807) is 35.8 Å². The Kier molecular flexibility index (Phi) is 5.29. The van der Waals surface area contributed by atoms with E-state index in [1.807, 2.05) is 13.0 Å². The molecule has 0 aliphatic carbocycles. The molecule has 0 saturated carbocycles. The molecule has 0 bridgehead atoms. The summed E-state index contributed by atoms with van der Waals surface area (Å²) in [5.41, 5.74) is 0.911. The maximum Gasteiger partial charge on any atom is 0.263 e. The largest absolute Gasteiger partial charge is 0.481 e. The van der Waals surface area contributed by atoms with E-state index in [2.05, 4.69) is 0 Å². The van der Waals surface area contributed by atoms with Crippen LogP contribution in [0.25, 0.3) is 0 Å². The number of nitrogens with zero attached hydrogens (tertiary/aromatic N) is 2. The number of carbonyl (C=O) groups excluding carboxylic acids is 2. The molecule has 22 heavy (non-hydrogen) atoms. The summed E-state index contributed by atoms with van der Waals surface area (Å²) >= 11 is 5.98. The van der Waals surface area contributed by atoms with E-state index >= 15 is 0 Å². The van der Waals surface area contributed by atoms with Gasteiger partial charge in [0.1, 0.15) is 5.75 Å². The van der Waals surface area contributed by atoms with Crippen LogP contribution in [0.5, 0.6) is 5.75 Å². The van der Waals surface area contributed by atoms with Gasteiger partial charge >= 0.3 is 0 Å². The first-order valence-corrected chi connectivity index (χ1v) is 7.73. The monoisotopic (exact) mass is 324 g/mol. The summed E-state index contributed by atoms with van der Waals surface area (Å²) in [6.07, 6.45) is -0.565. The predicted molar refractivity (Wildman–Crippen MR) is 85.1 cm³/mol. The van der Waals surface area contributed by atoms with Crippen molar-refractivity contribution in [3.05, 3.63) is 28.8 Å². The van der Waals surface area contributed by atoms with Gasteiger partial charge in [0.25, 0.3) is 5.91 Å². The molecule has 0 N–H and O–H groups in total. The average molecular weight is 325 g/mol. The molecular weight excluding hydrogens is 304 g/mol. The zero-order chi connectivity index (χ0) is 16.3. The van der Waals surface area contributed by atoms with E-state index in [0.29, 0.717) is 37.0 Å². The molecule has 1 aromatic rings. The van der Waals surface area contributed by atoms with Crippen molar-refractivity contribution in [2.75, 3.05) is 26.2 Å². The van der Waals surface area contributed by atoms with Crippen molar-refractivity contribution in [1.82, 2.24) is 9.80 Å². The fourth-order valence-corrected chi connectivity index (χ4v) is 2.56. The molecule has 1 aliphatic rings. The van der Waals surface area contributed by atoms with Crippen LogP contribution in [0.1, 0.15) is 19.4 Å². The topological polar surface area (TPSA) is 49.9 Å². The number of piperazine rings is 1. The van der Waals surface area contributed by atoms with Gasteiger partial charge in [0.05, 0.1) is 0 Å². The van der Waals surface area contributed by atoms with Gasteiger partial charge in [-0.05, 0) is 37.6 Å². The fourth-order valence-electron chi connectivity index (χ4n) is 2.44. The first kappa shape index (κ1) is 16.6. The third-order valence-electron chi connectivity index (χ3n) is 3.83. The van der Waals surface area contributed by atoms with Gasteiger partial charge in [-0.2, -0.15) is 0 Å². The van der Waals surface area contributed by atoms with Crippen molar-refractivity contribution in [3.8, 4) is 5.75 Å². The summed E-state index contributed by atoms with van der Waals surface area (Å²) in [4.78, 5) is 27.2. The highest BCUT2D eigenvalue weighted by Gasteiger charge is 2.26. The molecule has 120 valence electrons. The van der Waals surface area contributed by atoms with E-state index in [9.17, 15) is 9.59 Å². The summed E-state index contributed by atoms with van der Waals surface area (Å²) in [6.45, 7) is 7.43. The second kappa shape index (κ2) is 7.01. The van der Waals surface area contributed by atoms with Crippen LogP contribution in [-0.2, 0) is 9.59 Å². The maximum absolute atomic E-state index is 12.4. The zero-order valence-electron chi connectivity index (χ0n) is 13.1. The van der Waals surface area contributed by atoms with E-state index in [1.165, 1.54) is 0 Å². The van der Waals surface area contributed by atoms with Crippen LogP contribution in [0.2, 0.25) is 5.02 Å². The number of rotatable bonds is 3. The van der Waals surface area contributed by atoms with Crippen molar-refractivity contribution in [2.45, 2.75) is 26.9 Å². The summed E-state index contributed by atoms with van der Waals surface area (Å²) in [5, 5.41) is 0.673. The number of hydrogen-bond donors (Lipinski definition) is 0. The van der Waals surface area contributed by atoms with Crippen molar-refractivity contribution >= 4 is 23.4 Å². The first-order chi connectivity index (χ1) is 10.4. The quantitative estimate of drug-likeness (QED) is 0.855. The molecule has 0 aromatic heterocycles.